The number of rotatable bonds is 7. The van der Waals surface area contributed by atoms with Crippen molar-refractivity contribution in [3.05, 3.63) is 94.9 Å². The average Bonchev–Trinajstić information content (AvgIpc) is 3.30. The van der Waals surface area contributed by atoms with E-state index in [0.29, 0.717) is 27.5 Å². The molecule has 10 heteroatoms. The molecule has 2 heterocycles. The van der Waals surface area contributed by atoms with Crippen LogP contribution in [-0.2, 0) is 10.0 Å². The summed E-state index contributed by atoms with van der Waals surface area (Å²) in [5.74, 6) is -0.728. The first kappa shape index (κ1) is 23.1. The van der Waals surface area contributed by atoms with Crippen molar-refractivity contribution in [1.29, 1.82) is 0 Å². The van der Waals surface area contributed by atoms with Gasteiger partial charge in [-0.25, -0.2) is 8.42 Å². The van der Waals surface area contributed by atoms with E-state index in [2.05, 4.69) is 20.3 Å². The highest BCUT2D eigenvalue weighted by Crippen LogP contribution is 2.23. The van der Waals surface area contributed by atoms with Gasteiger partial charge in [0.25, 0.3) is 11.8 Å². The molecule has 0 aliphatic carbocycles. The molecule has 2 amide bonds. The van der Waals surface area contributed by atoms with Crippen LogP contribution in [0, 0.1) is 0 Å². The van der Waals surface area contributed by atoms with E-state index in [9.17, 15) is 18.0 Å². The first-order valence-electron chi connectivity index (χ1n) is 10.1. The van der Waals surface area contributed by atoms with Crippen LogP contribution in [0.2, 0.25) is 0 Å². The molecular weight excluding hydrogens is 472 g/mol. The summed E-state index contributed by atoms with van der Waals surface area (Å²) < 4.78 is 25.2. The number of nitrogens with zero attached hydrogens (tertiary/aromatic N) is 1. The normalized spacial score (nSPS) is 11.0. The third-order valence-corrected chi connectivity index (χ3v) is 6.20. The van der Waals surface area contributed by atoms with Crippen molar-refractivity contribution in [2.24, 2.45) is 0 Å². The molecule has 0 saturated heterocycles. The Bertz CT molecular complexity index is 1430. The Labute approximate surface area is 200 Å². The molecular formula is C24H20N4O4S2. The number of hydrogen-bond acceptors (Lipinski definition) is 6. The van der Waals surface area contributed by atoms with Crippen LogP contribution in [0.1, 0.15) is 20.0 Å². The maximum Gasteiger partial charge on any atom is 0.265 e. The summed E-state index contributed by atoms with van der Waals surface area (Å²) in [5, 5.41) is 7.14. The van der Waals surface area contributed by atoms with E-state index in [-0.39, 0.29) is 5.91 Å². The van der Waals surface area contributed by atoms with Crippen LogP contribution in [0.4, 0.5) is 17.1 Å². The van der Waals surface area contributed by atoms with E-state index in [4.69, 9.17) is 0 Å². The minimum absolute atomic E-state index is 0.327. The Morgan fingerprint density at radius 1 is 0.794 bits per heavy atom. The van der Waals surface area contributed by atoms with Crippen LogP contribution < -0.4 is 15.4 Å². The lowest BCUT2D eigenvalue weighted by Gasteiger charge is -2.07. The zero-order chi connectivity index (χ0) is 24.1. The highest BCUT2D eigenvalue weighted by molar-refractivity contribution is 7.92. The second kappa shape index (κ2) is 9.86. The number of sulfonamides is 1. The number of carbonyl (C=O) groups excluding carboxylic acids is 2. The Balaban J connectivity index is 1.39. The van der Waals surface area contributed by atoms with Crippen LogP contribution in [0.25, 0.3) is 11.1 Å². The third kappa shape index (κ3) is 6.06. The van der Waals surface area contributed by atoms with Gasteiger partial charge in [0, 0.05) is 29.1 Å². The molecule has 0 spiro atoms. The van der Waals surface area contributed by atoms with Gasteiger partial charge in [-0.3, -0.25) is 19.3 Å². The summed E-state index contributed by atoms with van der Waals surface area (Å²) in [6.07, 6.45) is 4.49. The molecule has 2 aromatic carbocycles. The fourth-order valence-electron chi connectivity index (χ4n) is 3.14. The molecule has 0 atom stereocenters. The number of pyridine rings is 1. The molecule has 3 N–H and O–H groups in total. The van der Waals surface area contributed by atoms with E-state index in [0.717, 1.165) is 28.7 Å². The van der Waals surface area contributed by atoms with Crippen LogP contribution >= 0.6 is 11.3 Å². The van der Waals surface area contributed by atoms with Gasteiger partial charge in [0.05, 0.1) is 22.4 Å². The molecule has 8 nitrogen and oxygen atoms in total. The van der Waals surface area contributed by atoms with Gasteiger partial charge >= 0.3 is 0 Å². The molecule has 172 valence electrons. The summed E-state index contributed by atoms with van der Waals surface area (Å²) in [7, 11) is -3.43. The van der Waals surface area contributed by atoms with Crippen LogP contribution in [-0.4, -0.2) is 31.5 Å². The number of amides is 2. The van der Waals surface area contributed by atoms with Crippen molar-refractivity contribution in [1.82, 2.24) is 4.98 Å². The number of nitrogens with one attached hydrogen (secondary N) is 3. The summed E-state index contributed by atoms with van der Waals surface area (Å²) in [6.45, 7) is 0. The molecule has 0 radical (unpaired) electrons. The second-order valence-corrected chi connectivity index (χ2v) is 10.0. The Morgan fingerprint density at radius 2 is 1.44 bits per heavy atom. The lowest BCUT2D eigenvalue weighted by atomic mass is 10.1. The number of benzene rings is 2. The Morgan fingerprint density at radius 3 is 2.15 bits per heavy atom. The van der Waals surface area contributed by atoms with E-state index in [1.165, 1.54) is 12.1 Å². The van der Waals surface area contributed by atoms with Gasteiger partial charge in [0.1, 0.15) is 0 Å². The topological polar surface area (TPSA) is 117 Å². The van der Waals surface area contributed by atoms with E-state index >= 15 is 0 Å². The lowest BCUT2D eigenvalue weighted by Crippen LogP contribution is -2.13. The number of aromatic nitrogens is 1. The fraction of sp³-hybridized carbons (Fsp3) is 0.0417. The van der Waals surface area contributed by atoms with Crippen molar-refractivity contribution < 1.29 is 18.0 Å². The predicted octanol–water partition coefficient (Wildman–Crippen LogP) is 4.69. The quantitative estimate of drug-likeness (QED) is 0.346. The van der Waals surface area contributed by atoms with E-state index in [1.807, 2.05) is 36.4 Å². The molecule has 0 fully saturated rings. The number of hydrogen-bond donors (Lipinski definition) is 3. The van der Waals surface area contributed by atoms with Crippen molar-refractivity contribution in [2.75, 3.05) is 21.6 Å². The minimum atomic E-state index is -3.43. The highest BCUT2D eigenvalue weighted by atomic mass is 32.2. The molecule has 4 aromatic rings. The second-order valence-electron chi connectivity index (χ2n) is 7.38. The zero-order valence-electron chi connectivity index (χ0n) is 18.0. The smallest absolute Gasteiger partial charge is 0.265 e. The molecule has 4 rings (SSSR count). The van der Waals surface area contributed by atoms with Gasteiger partial charge in [-0.2, -0.15) is 0 Å². The zero-order valence-corrected chi connectivity index (χ0v) is 19.6. The first-order chi connectivity index (χ1) is 16.3. The lowest BCUT2D eigenvalue weighted by molar-refractivity contribution is 0.102. The van der Waals surface area contributed by atoms with Gasteiger partial charge in [0.15, 0.2) is 0 Å². The Kier molecular flexibility index (Phi) is 6.71. The van der Waals surface area contributed by atoms with Gasteiger partial charge in [-0.1, -0.05) is 18.2 Å². The fourth-order valence-corrected chi connectivity index (χ4v) is 4.47. The van der Waals surface area contributed by atoms with E-state index in [1.54, 1.807) is 36.0 Å². The minimum Gasteiger partial charge on any atom is -0.322 e. The summed E-state index contributed by atoms with van der Waals surface area (Å²) >= 11 is 1.14. The molecule has 0 unspecified atom stereocenters. The first-order valence-corrected chi connectivity index (χ1v) is 12.8. The van der Waals surface area contributed by atoms with Gasteiger partial charge < -0.3 is 10.6 Å². The number of anilines is 3. The van der Waals surface area contributed by atoms with Crippen molar-refractivity contribution >= 4 is 50.2 Å². The van der Waals surface area contributed by atoms with Crippen LogP contribution in [0.3, 0.4) is 0 Å². The summed E-state index contributed by atoms with van der Waals surface area (Å²) in [6, 6.07) is 19.1. The van der Waals surface area contributed by atoms with Crippen LogP contribution in [0.15, 0.2) is 84.5 Å². The summed E-state index contributed by atoms with van der Waals surface area (Å²) in [4.78, 5) is 29.6. The van der Waals surface area contributed by atoms with Gasteiger partial charge in [0.2, 0.25) is 10.0 Å². The van der Waals surface area contributed by atoms with Gasteiger partial charge in [-0.05, 0) is 59.7 Å². The molecule has 0 aliphatic rings. The highest BCUT2D eigenvalue weighted by Gasteiger charge is 2.15. The van der Waals surface area contributed by atoms with E-state index < -0.39 is 15.9 Å². The predicted molar refractivity (Wildman–Crippen MR) is 135 cm³/mol. The molecule has 2 aromatic heterocycles. The standard InChI is InChI=1S/C24H20N4O4S2/c1-34(31,32)28-21-4-2-3-20(14-21)27-24(30)22-13-18(15-33-22)23(29)26-19-7-5-16(6-8-19)17-9-11-25-12-10-17/h2-15,28H,1H3,(H,26,29)(H,27,30). The summed E-state index contributed by atoms with van der Waals surface area (Å²) in [5.41, 5.74) is 3.79. The van der Waals surface area contributed by atoms with Crippen molar-refractivity contribution in [3.63, 3.8) is 0 Å². The third-order valence-electron chi connectivity index (χ3n) is 4.67. The monoisotopic (exact) mass is 492 g/mol. The average molecular weight is 493 g/mol. The Hall–Kier alpha value is -4.02. The van der Waals surface area contributed by atoms with Crippen LogP contribution in [0.5, 0.6) is 0 Å². The number of thiophene rings is 1. The number of carbonyl (C=O) groups is 2. The molecule has 0 aliphatic heterocycles. The maximum atomic E-state index is 12.6. The maximum absolute atomic E-state index is 12.6. The molecule has 34 heavy (non-hydrogen) atoms. The molecule has 0 bridgehead atoms. The largest absolute Gasteiger partial charge is 0.322 e. The van der Waals surface area contributed by atoms with Gasteiger partial charge in [-0.15, -0.1) is 11.3 Å². The van der Waals surface area contributed by atoms with Crippen molar-refractivity contribution in [2.45, 2.75) is 0 Å². The van der Waals surface area contributed by atoms with Crippen molar-refractivity contribution in [3.8, 4) is 11.1 Å². The SMILES string of the molecule is CS(=O)(=O)Nc1cccc(NC(=O)c2cc(C(=O)Nc3ccc(-c4ccncc4)cc3)cs2)c1. The molecule has 0 saturated carbocycles.